The van der Waals surface area contributed by atoms with E-state index in [1.807, 2.05) is 55.1 Å². The van der Waals surface area contributed by atoms with Crippen molar-refractivity contribution in [1.82, 2.24) is 4.90 Å². The molecule has 1 saturated carbocycles. The van der Waals surface area contributed by atoms with E-state index in [-0.39, 0.29) is 41.5 Å². The number of carbonyl (C=O) groups is 1. The van der Waals surface area contributed by atoms with Crippen LogP contribution >= 0.6 is 0 Å². The molecule has 2 fully saturated rings. The Bertz CT molecular complexity index is 1490. The van der Waals surface area contributed by atoms with Crippen LogP contribution in [0.3, 0.4) is 0 Å². The van der Waals surface area contributed by atoms with Gasteiger partial charge in [-0.25, -0.2) is 8.42 Å². The van der Waals surface area contributed by atoms with E-state index < -0.39 is 20.7 Å². The van der Waals surface area contributed by atoms with Crippen molar-refractivity contribution in [2.75, 3.05) is 20.8 Å². The molecule has 1 saturated heterocycles. The Morgan fingerprint density at radius 1 is 0.975 bits per heavy atom. The molecule has 212 valence electrons. The van der Waals surface area contributed by atoms with Gasteiger partial charge in [0.2, 0.25) is 5.91 Å². The normalized spacial score (nSPS) is 26.3. The molecular weight excluding hydrogens is 526 g/mol. The highest BCUT2D eigenvalue weighted by molar-refractivity contribution is 7.92. The third-order valence-corrected chi connectivity index (χ3v) is 11.1. The lowest BCUT2D eigenvalue weighted by molar-refractivity contribution is -0.131. The lowest BCUT2D eigenvalue weighted by atomic mass is 9.66. The van der Waals surface area contributed by atoms with Crippen LogP contribution in [0.4, 0.5) is 0 Å². The number of likely N-dealkylation sites (tertiary alicyclic amines) is 1. The monoisotopic (exact) mass is 563 g/mol. The number of fused-ring (bicyclic) bond motifs is 1. The standard InChI is InChI=1S/C32H37NO6S/c1-21-13-15-24(16-14-21)40(36,37)25-18-26-22(2)33(31(34)17-23-9-5-7-11-29(23)38-3)20-28(26)32(35,19-25)27-10-6-8-12-30(27)39-4/h5-16,22,25-26,28,35H,17-20H2,1-4H3. The summed E-state index contributed by atoms with van der Waals surface area (Å²) < 4.78 is 39.0. The van der Waals surface area contributed by atoms with Crippen molar-refractivity contribution in [3.8, 4) is 11.5 Å². The first-order valence-corrected chi connectivity index (χ1v) is 15.2. The fourth-order valence-electron chi connectivity index (χ4n) is 6.74. The van der Waals surface area contributed by atoms with Crippen LogP contribution in [0, 0.1) is 18.8 Å². The molecule has 1 N–H and O–H groups in total. The van der Waals surface area contributed by atoms with Gasteiger partial charge in [0, 0.05) is 29.6 Å². The van der Waals surface area contributed by atoms with Crippen molar-refractivity contribution in [3.05, 3.63) is 89.5 Å². The second-order valence-corrected chi connectivity index (χ2v) is 13.3. The maximum absolute atomic E-state index is 14.0. The van der Waals surface area contributed by atoms with Gasteiger partial charge in [-0.15, -0.1) is 0 Å². The van der Waals surface area contributed by atoms with Gasteiger partial charge >= 0.3 is 0 Å². The third kappa shape index (κ3) is 4.88. The SMILES string of the molecule is COc1ccccc1CC(=O)N1CC2C(CC(S(=O)(=O)c3ccc(C)cc3)CC2(O)c2ccccc2OC)C1C. The average Bonchev–Trinajstić information content (AvgIpc) is 3.30. The van der Waals surface area contributed by atoms with Gasteiger partial charge in [0.25, 0.3) is 0 Å². The minimum Gasteiger partial charge on any atom is -0.496 e. The maximum Gasteiger partial charge on any atom is 0.227 e. The van der Waals surface area contributed by atoms with E-state index in [0.29, 0.717) is 30.0 Å². The van der Waals surface area contributed by atoms with Crippen molar-refractivity contribution >= 4 is 15.7 Å². The molecule has 0 aromatic heterocycles. The van der Waals surface area contributed by atoms with Crippen LogP contribution < -0.4 is 9.47 Å². The van der Waals surface area contributed by atoms with Crippen LogP contribution in [0.1, 0.15) is 36.5 Å². The molecule has 1 aliphatic carbocycles. The number of hydrogen-bond acceptors (Lipinski definition) is 6. The average molecular weight is 564 g/mol. The van der Waals surface area contributed by atoms with Crippen LogP contribution in [0.2, 0.25) is 0 Å². The lowest BCUT2D eigenvalue weighted by Crippen LogP contribution is -2.50. The quantitative estimate of drug-likeness (QED) is 0.454. The summed E-state index contributed by atoms with van der Waals surface area (Å²) in [5, 5.41) is 11.7. The number of benzene rings is 3. The Morgan fingerprint density at radius 3 is 2.27 bits per heavy atom. The zero-order chi connectivity index (χ0) is 28.7. The van der Waals surface area contributed by atoms with Crippen LogP contribution in [0.25, 0.3) is 0 Å². The number of hydrogen-bond donors (Lipinski definition) is 1. The number of amides is 1. The molecule has 5 atom stereocenters. The van der Waals surface area contributed by atoms with Crippen molar-refractivity contribution in [2.45, 2.75) is 54.9 Å². The van der Waals surface area contributed by atoms with Crippen LogP contribution in [0.15, 0.2) is 77.7 Å². The summed E-state index contributed by atoms with van der Waals surface area (Å²) in [5.74, 6) is 0.491. The maximum atomic E-state index is 14.0. The van der Waals surface area contributed by atoms with Gasteiger partial charge < -0.3 is 19.5 Å². The molecule has 0 spiro atoms. The minimum absolute atomic E-state index is 0.0198. The van der Waals surface area contributed by atoms with Crippen molar-refractivity contribution in [3.63, 3.8) is 0 Å². The Kier molecular flexibility index (Phi) is 7.68. The predicted octanol–water partition coefficient (Wildman–Crippen LogP) is 4.54. The summed E-state index contributed by atoms with van der Waals surface area (Å²) in [4.78, 5) is 15.7. The van der Waals surface area contributed by atoms with Crippen molar-refractivity contribution < 1.29 is 27.8 Å². The summed E-state index contributed by atoms with van der Waals surface area (Å²) in [7, 11) is -0.629. The summed E-state index contributed by atoms with van der Waals surface area (Å²) in [5.41, 5.74) is 0.812. The molecule has 0 bridgehead atoms. The van der Waals surface area contributed by atoms with Crippen molar-refractivity contribution in [1.29, 1.82) is 0 Å². The second kappa shape index (κ2) is 10.9. The molecule has 3 aromatic carbocycles. The van der Waals surface area contributed by atoms with Crippen LogP contribution in [-0.4, -0.2) is 56.4 Å². The van der Waals surface area contributed by atoms with Gasteiger partial charge in [-0.05, 0) is 56.9 Å². The van der Waals surface area contributed by atoms with E-state index in [0.717, 1.165) is 11.1 Å². The highest BCUT2D eigenvalue weighted by atomic mass is 32.2. The van der Waals surface area contributed by atoms with Crippen LogP contribution in [-0.2, 0) is 26.7 Å². The fraction of sp³-hybridized carbons (Fsp3) is 0.406. The number of ether oxygens (including phenoxy) is 2. The van der Waals surface area contributed by atoms with Gasteiger partial charge in [0.15, 0.2) is 9.84 Å². The number of nitrogens with zero attached hydrogens (tertiary/aromatic N) is 1. The smallest absolute Gasteiger partial charge is 0.227 e. The third-order valence-electron chi connectivity index (χ3n) is 8.93. The Morgan fingerprint density at radius 2 is 1.60 bits per heavy atom. The van der Waals surface area contributed by atoms with E-state index in [1.54, 1.807) is 50.6 Å². The molecule has 8 heteroatoms. The van der Waals surface area contributed by atoms with Gasteiger partial charge in [0.05, 0.1) is 36.4 Å². The largest absolute Gasteiger partial charge is 0.496 e. The number of methoxy groups -OCH3 is 2. The zero-order valence-electron chi connectivity index (χ0n) is 23.4. The molecule has 0 radical (unpaired) electrons. The first-order valence-electron chi connectivity index (χ1n) is 13.7. The van der Waals surface area contributed by atoms with Gasteiger partial charge in [-0.3, -0.25) is 4.79 Å². The Balaban J connectivity index is 1.54. The molecule has 1 aliphatic heterocycles. The molecule has 5 rings (SSSR count). The Labute approximate surface area is 236 Å². The molecule has 40 heavy (non-hydrogen) atoms. The molecule has 2 aliphatic rings. The molecular formula is C32H37NO6S. The molecule has 1 amide bonds. The first-order chi connectivity index (χ1) is 19.1. The number of rotatable bonds is 7. The lowest BCUT2D eigenvalue weighted by Gasteiger charge is -2.45. The number of aryl methyl sites for hydroxylation is 1. The highest BCUT2D eigenvalue weighted by Crippen LogP contribution is 2.54. The zero-order valence-corrected chi connectivity index (χ0v) is 24.2. The molecule has 1 heterocycles. The van der Waals surface area contributed by atoms with Gasteiger partial charge in [0.1, 0.15) is 11.5 Å². The molecule has 3 aromatic rings. The number of sulfone groups is 1. The van der Waals surface area contributed by atoms with E-state index in [2.05, 4.69) is 0 Å². The highest BCUT2D eigenvalue weighted by Gasteiger charge is 2.58. The number of carbonyl (C=O) groups excluding carboxylic acids is 1. The van der Waals surface area contributed by atoms with E-state index in [1.165, 1.54) is 0 Å². The Hall–Kier alpha value is -3.36. The summed E-state index contributed by atoms with van der Waals surface area (Å²) in [6.07, 6.45) is 0.538. The number of aliphatic hydroxyl groups is 1. The van der Waals surface area contributed by atoms with E-state index >= 15 is 0 Å². The number of para-hydroxylation sites is 2. The summed E-state index contributed by atoms with van der Waals surface area (Å²) in [6, 6.07) is 21.3. The summed E-state index contributed by atoms with van der Waals surface area (Å²) >= 11 is 0. The van der Waals surface area contributed by atoms with E-state index in [4.69, 9.17) is 9.47 Å². The first kappa shape index (κ1) is 28.2. The second-order valence-electron chi connectivity index (χ2n) is 11.1. The van der Waals surface area contributed by atoms with Gasteiger partial charge in [-0.1, -0.05) is 54.1 Å². The van der Waals surface area contributed by atoms with Gasteiger partial charge in [-0.2, -0.15) is 0 Å². The topological polar surface area (TPSA) is 93.1 Å². The minimum atomic E-state index is -3.76. The fourth-order valence-corrected chi connectivity index (χ4v) is 8.59. The molecule has 5 unspecified atom stereocenters. The predicted molar refractivity (Wildman–Crippen MR) is 153 cm³/mol. The van der Waals surface area contributed by atoms with Crippen molar-refractivity contribution in [2.24, 2.45) is 11.8 Å². The molecule has 7 nitrogen and oxygen atoms in total. The summed E-state index contributed by atoms with van der Waals surface area (Å²) in [6.45, 7) is 4.21. The van der Waals surface area contributed by atoms with Crippen LogP contribution in [0.5, 0.6) is 11.5 Å². The van der Waals surface area contributed by atoms with E-state index in [9.17, 15) is 18.3 Å².